The molecule has 0 fully saturated rings. The standard InChI is InChI=1S/C13H21N3O2/c1-10(2)16(9-13(15)17)6-7-18-12-5-3-4-11(14)8-12/h3-5,8,10H,6-7,9,14H2,1-2H3,(H2,15,17). The molecule has 0 atom stereocenters. The summed E-state index contributed by atoms with van der Waals surface area (Å²) in [5, 5.41) is 0. The number of hydrogen-bond acceptors (Lipinski definition) is 4. The van der Waals surface area contributed by atoms with Crippen LogP contribution >= 0.6 is 0 Å². The van der Waals surface area contributed by atoms with E-state index in [0.29, 0.717) is 18.8 Å². The highest BCUT2D eigenvalue weighted by molar-refractivity contribution is 5.75. The van der Waals surface area contributed by atoms with Crippen LogP contribution in [-0.2, 0) is 4.79 Å². The van der Waals surface area contributed by atoms with Crippen molar-refractivity contribution in [1.29, 1.82) is 0 Å². The van der Waals surface area contributed by atoms with Gasteiger partial charge >= 0.3 is 0 Å². The molecule has 5 heteroatoms. The van der Waals surface area contributed by atoms with E-state index in [0.717, 1.165) is 5.75 Å². The molecule has 5 nitrogen and oxygen atoms in total. The van der Waals surface area contributed by atoms with Gasteiger partial charge in [-0.1, -0.05) is 6.07 Å². The Morgan fingerprint density at radius 3 is 2.72 bits per heavy atom. The molecule has 0 aliphatic heterocycles. The van der Waals surface area contributed by atoms with Gasteiger partial charge in [0.2, 0.25) is 5.91 Å². The lowest BCUT2D eigenvalue weighted by Gasteiger charge is -2.24. The number of benzene rings is 1. The maximum absolute atomic E-state index is 10.9. The SMILES string of the molecule is CC(C)N(CCOc1cccc(N)c1)CC(N)=O. The van der Waals surface area contributed by atoms with Gasteiger partial charge in [-0.3, -0.25) is 9.69 Å². The van der Waals surface area contributed by atoms with E-state index in [4.69, 9.17) is 16.2 Å². The van der Waals surface area contributed by atoms with E-state index >= 15 is 0 Å². The van der Waals surface area contributed by atoms with Crippen molar-refractivity contribution in [1.82, 2.24) is 4.90 Å². The first kappa shape index (κ1) is 14.3. The van der Waals surface area contributed by atoms with E-state index in [1.165, 1.54) is 0 Å². The number of carbonyl (C=O) groups excluding carboxylic acids is 1. The third-order valence-corrected chi connectivity index (χ3v) is 2.59. The molecule has 1 aromatic carbocycles. The number of nitrogen functional groups attached to an aromatic ring is 1. The molecule has 0 radical (unpaired) electrons. The predicted molar refractivity (Wildman–Crippen MR) is 72.3 cm³/mol. The molecule has 0 saturated carbocycles. The topological polar surface area (TPSA) is 81.6 Å². The van der Waals surface area contributed by atoms with Gasteiger partial charge in [-0.15, -0.1) is 0 Å². The Labute approximate surface area is 108 Å². The Morgan fingerprint density at radius 2 is 2.17 bits per heavy atom. The molecule has 0 bridgehead atoms. The highest BCUT2D eigenvalue weighted by Crippen LogP contribution is 2.14. The molecule has 0 unspecified atom stereocenters. The fraction of sp³-hybridized carbons (Fsp3) is 0.462. The summed E-state index contributed by atoms with van der Waals surface area (Å²) in [5.41, 5.74) is 11.5. The zero-order chi connectivity index (χ0) is 13.5. The van der Waals surface area contributed by atoms with Crippen LogP contribution in [-0.4, -0.2) is 36.5 Å². The first-order chi connectivity index (χ1) is 8.49. The van der Waals surface area contributed by atoms with Crippen molar-refractivity contribution in [2.75, 3.05) is 25.4 Å². The van der Waals surface area contributed by atoms with E-state index in [-0.39, 0.29) is 18.5 Å². The largest absolute Gasteiger partial charge is 0.492 e. The molecule has 100 valence electrons. The van der Waals surface area contributed by atoms with Gasteiger partial charge in [0, 0.05) is 24.3 Å². The number of anilines is 1. The zero-order valence-electron chi connectivity index (χ0n) is 10.9. The maximum Gasteiger partial charge on any atom is 0.231 e. The number of carbonyl (C=O) groups is 1. The number of hydrogen-bond donors (Lipinski definition) is 2. The second kappa shape index (κ2) is 6.86. The minimum absolute atomic E-state index is 0.248. The van der Waals surface area contributed by atoms with Crippen LogP contribution in [0.1, 0.15) is 13.8 Å². The molecule has 1 rings (SSSR count). The molecule has 0 spiro atoms. The summed E-state index contributed by atoms with van der Waals surface area (Å²) >= 11 is 0. The quantitative estimate of drug-likeness (QED) is 0.704. The Bertz CT molecular complexity index is 394. The number of ether oxygens (including phenoxy) is 1. The van der Waals surface area contributed by atoms with Crippen molar-refractivity contribution < 1.29 is 9.53 Å². The molecule has 18 heavy (non-hydrogen) atoms. The van der Waals surface area contributed by atoms with Gasteiger partial charge in [0.05, 0.1) is 6.54 Å². The molecule has 0 aliphatic rings. The van der Waals surface area contributed by atoms with Crippen LogP contribution in [0.15, 0.2) is 24.3 Å². The third-order valence-electron chi connectivity index (χ3n) is 2.59. The summed E-state index contributed by atoms with van der Waals surface area (Å²) in [6, 6.07) is 7.52. The summed E-state index contributed by atoms with van der Waals surface area (Å²) in [7, 11) is 0. The summed E-state index contributed by atoms with van der Waals surface area (Å²) in [5.74, 6) is 0.408. The highest BCUT2D eigenvalue weighted by Gasteiger charge is 2.11. The summed E-state index contributed by atoms with van der Waals surface area (Å²) < 4.78 is 5.58. The van der Waals surface area contributed by atoms with Gasteiger partial charge in [-0.05, 0) is 26.0 Å². The first-order valence-electron chi connectivity index (χ1n) is 5.99. The van der Waals surface area contributed by atoms with Gasteiger partial charge in [0.1, 0.15) is 12.4 Å². The van der Waals surface area contributed by atoms with Crippen LogP contribution in [0.25, 0.3) is 0 Å². The first-order valence-corrected chi connectivity index (χ1v) is 5.99. The molecule has 1 amide bonds. The number of primary amides is 1. The summed E-state index contributed by atoms with van der Waals surface area (Å²) in [4.78, 5) is 12.9. The van der Waals surface area contributed by atoms with Crippen LogP contribution < -0.4 is 16.2 Å². The smallest absolute Gasteiger partial charge is 0.231 e. The van der Waals surface area contributed by atoms with E-state index in [2.05, 4.69) is 0 Å². The number of nitrogens with two attached hydrogens (primary N) is 2. The van der Waals surface area contributed by atoms with Crippen LogP contribution in [0.4, 0.5) is 5.69 Å². The average molecular weight is 251 g/mol. The molecule has 0 heterocycles. The van der Waals surface area contributed by atoms with Crippen molar-refractivity contribution in [3.63, 3.8) is 0 Å². The summed E-state index contributed by atoms with van der Waals surface area (Å²) in [6.07, 6.45) is 0. The van der Waals surface area contributed by atoms with Gasteiger partial charge in [0.25, 0.3) is 0 Å². The molecule has 0 aliphatic carbocycles. The Hall–Kier alpha value is -1.75. The van der Waals surface area contributed by atoms with Crippen LogP contribution in [0.3, 0.4) is 0 Å². The van der Waals surface area contributed by atoms with Crippen molar-refractivity contribution >= 4 is 11.6 Å². The van der Waals surface area contributed by atoms with Crippen LogP contribution in [0.5, 0.6) is 5.75 Å². The van der Waals surface area contributed by atoms with E-state index in [1.54, 1.807) is 12.1 Å². The van der Waals surface area contributed by atoms with Gasteiger partial charge in [0.15, 0.2) is 0 Å². The second-order valence-electron chi connectivity index (χ2n) is 4.45. The van der Waals surface area contributed by atoms with E-state index in [1.807, 2.05) is 30.9 Å². The molecule has 0 saturated heterocycles. The lowest BCUT2D eigenvalue weighted by atomic mass is 10.3. The van der Waals surface area contributed by atoms with Crippen molar-refractivity contribution in [2.24, 2.45) is 5.73 Å². The molecular formula is C13H21N3O2. The number of nitrogens with zero attached hydrogens (tertiary/aromatic N) is 1. The van der Waals surface area contributed by atoms with Gasteiger partial charge in [-0.25, -0.2) is 0 Å². The minimum Gasteiger partial charge on any atom is -0.492 e. The third kappa shape index (κ3) is 5.05. The Balaban J connectivity index is 2.41. The minimum atomic E-state index is -0.326. The van der Waals surface area contributed by atoms with Crippen LogP contribution in [0.2, 0.25) is 0 Å². The maximum atomic E-state index is 10.9. The van der Waals surface area contributed by atoms with Gasteiger partial charge in [-0.2, -0.15) is 0 Å². The van der Waals surface area contributed by atoms with Crippen LogP contribution in [0, 0.1) is 0 Å². The zero-order valence-corrected chi connectivity index (χ0v) is 10.9. The summed E-state index contributed by atoms with van der Waals surface area (Å²) in [6.45, 7) is 5.43. The van der Waals surface area contributed by atoms with E-state index < -0.39 is 0 Å². The number of rotatable bonds is 7. The van der Waals surface area contributed by atoms with Crippen molar-refractivity contribution in [2.45, 2.75) is 19.9 Å². The molecule has 1 aromatic rings. The lowest BCUT2D eigenvalue weighted by molar-refractivity contribution is -0.119. The van der Waals surface area contributed by atoms with Crippen molar-refractivity contribution in [3.8, 4) is 5.75 Å². The van der Waals surface area contributed by atoms with Gasteiger partial charge < -0.3 is 16.2 Å². The molecular weight excluding hydrogens is 230 g/mol. The highest BCUT2D eigenvalue weighted by atomic mass is 16.5. The van der Waals surface area contributed by atoms with E-state index in [9.17, 15) is 4.79 Å². The Morgan fingerprint density at radius 1 is 1.44 bits per heavy atom. The predicted octanol–water partition coefficient (Wildman–Crippen LogP) is 0.843. The molecule has 0 aromatic heterocycles. The second-order valence-corrected chi connectivity index (χ2v) is 4.45. The molecule has 4 N–H and O–H groups in total. The number of amides is 1. The van der Waals surface area contributed by atoms with Crippen molar-refractivity contribution in [3.05, 3.63) is 24.3 Å². The average Bonchev–Trinajstić information content (AvgIpc) is 2.27. The fourth-order valence-corrected chi connectivity index (χ4v) is 1.61. The Kier molecular flexibility index (Phi) is 5.45. The fourth-order valence-electron chi connectivity index (χ4n) is 1.61. The monoisotopic (exact) mass is 251 g/mol. The lowest BCUT2D eigenvalue weighted by Crippen LogP contribution is -2.40. The normalized spacial score (nSPS) is 10.9.